The number of halogens is 1. The second-order valence-electron chi connectivity index (χ2n) is 3.68. The summed E-state index contributed by atoms with van der Waals surface area (Å²) in [6, 6.07) is 1.07. The highest BCUT2D eigenvalue weighted by molar-refractivity contribution is 7.98. The summed E-state index contributed by atoms with van der Waals surface area (Å²) in [5.74, 6) is -0.647. The highest BCUT2D eigenvalue weighted by Gasteiger charge is 2.14. The normalized spacial score (nSPS) is 12.2. The molecule has 1 atom stereocenters. The van der Waals surface area contributed by atoms with Gasteiger partial charge in [0.25, 0.3) is 0 Å². The number of carboxylic acid groups (broad SMARTS) is 1. The van der Waals surface area contributed by atoms with Crippen LogP contribution in [0.3, 0.4) is 0 Å². The summed E-state index contributed by atoms with van der Waals surface area (Å²) in [6.45, 7) is 1.94. The number of nitrogens with zero attached hydrogens (tertiary/aromatic N) is 1. The van der Waals surface area contributed by atoms with Gasteiger partial charge in [-0.3, -0.25) is 0 Å². The van der Waals surface area contributed by atoms with E-state index in [-0.39, 0.29) is 17.4 Å². The maximum atomic E-state index is 12.9. The Bertz CT molecular complexity index is 401. The summed E-state index contributed by atoms with van der Waals surface area (Å²) in [6.07, 6.45) is 3.90. The first kappa shape index (κ1) is 13.8. The van der Waals surface area contributed by atoms with E-state index in [0.717, 1.165) is 24.4 Å². The molecule has 1 rings (SSSR count). The lowest BCUT2D eigenvalue weighted by Gasteiger charge is -2.15. The molecule has 1 aromatic heterocycles. The van der Waals surface area contributed by atoms with E-state index in [1.807, 2.05) is 13.2 Å². The molecule has 17 heavy (non-hydrogen) atoms. The Hall–Kier alpha value is -1.30. The van der Waals surface area contributed by atoms with Crippen LogP contribution < -0.4 is 5.32 Å². The Balaban J connectivity index is 2.79. The number of rotatable bonds is 6. The van der Waals surface area contributed by atoms with Crippen LogP contribution in [0.25, 0.3) is 0 Å². The lowest BCUT2D eigenvalue weighted by molar-refractivity contribution is 0.0697. The number of thioether (sulfide) groups is 1. The molecule has 0 saturated heterocycles. The van der Waals surface area contributed by atoms with E-state index < -0.39 is 11.8 Å². The van der Waals surface area contributed by atoms with Gasteiger partial charge in [0.05, 0.1) is 6.20 Å². The van der Waals surface area contributed by atoms with Crippen molar-refractivity contribution in [2.45, 2.75) is 19.4 Å². The predicted molar refractivity (Wildman–Crippen MR) is 67.2 cm³/mol. The summed E-state index contributed by atoms with van der Waals surface area (Å²) in [4.78, 5) is 14.7. The van der Waals surface area contributed by atoms with Crippen molar-refractivity contribution in [1.29, 1.82) is 0 Å². The molecular weight excluding hydrogens is 243 g/mol. The minimum atomic E-state index is -1.18. The number of hydrogen-bond acceptors (Lipinski definition) is 4. The number of nitrogens with one attached hydrogen (secondary N) is 1. The third kappa shape index (κ3) is 4.22. The van der Waals surface area contributed by atoms with E-state index in [1.54, 1.807) is 11.8 Å². The van der Waals surface area contributed by atoms with E-state index >= 15 is 0 Å². The van der Waals surface area contributed by atoms with Gasteiger partial charge in [0.1, 0.15) is 17.2 Å². The Labute approximate surface area is 104 Å². The number of carbonyl (C=O) groups is 1. The first-order chi connectivity index (χ1) is 8.04. The maximum absolute atomic E-state index is 12.9. The molecule has 0 amide bonds. The van der Waals surface area contributed by atoms with Crippen LogP contribution in [0.2, 0.25) is 0 Å². The van der Waals surface area contributed by atoms with Crippen molar-refractivity contribution < 1.29 is 14.3 Å². The van der Waals surface area contributed by atoms with Gasteiger partial charge in [0.15, 0.2) is 0 Å². The van der Waals surface area contributed by atoms with E-state index in [2.05, 4.69) is 10.3 Å². The zero-order chi connectivity index (χ0) is 12.8. The highest BCUT2D eigenvalue weighted by Crippen LogP contribution is 2.15. The van der Waals surface area contributed by atoms with Crippen molar-refractivity contribution in [3.8, 4) is 0 Å². The maximum Gasteiger partial charge on any atom is 0.339 e. The molecule has 0 spiro atoms. The fourth-order valence-electron chi connectivity index (χ4n) is 1.32. The van der Waals surface area contributed by atoms with Gasteiger partial charge in [0, 0.05) is 6.04 Å². The lowest BCUT2D eigenvalue weighted by Crippen LogP contribution is -2.19. The number of hydrogen-bond donors (Lipinski definition) is 2. The number of aromatic carboxylic acids is 1. The van der Waals surface area contributed by atoms with Crippen LogP contribution in [0.15, 0.2) is 12.3 Å². The van der Waals surface area contributed by atoms with Crippen molar-refractivity contribution in [1.82, 2.24) is 4.98 Å². The molecule has 0 radical (unpaired) electrons. The predicted octanol–water partition coefficient (Wildman–Crippen LogP) is 2.47. The van der Waals surface area contributed by atoms with Gasteiger partial charge in [-0.15, -0.1) is 0 Å². The van der Waals surface area contributed by atoms with Crippen LogP contribution in [0.4, 0.5) is 10.2 Å². The third-order valence-electron chi connectivity index (χ3n) is 2.22. The van der Waals surface area contributed by atoms with E-state index in [9.17, 15) is 9.18 Å². The Morgan fingerprint density at radius 1 is 1.71 bits per heavy atom. The summed E-state index contributed by atoms with van der Waals surface area (Å²) in [5, 5.41) is 11.9. The smallest absolute Gasteiger partial charge is 0.339 e. The molecule has 0 fully saturated rings. The van der Waals surface area contributed by atoms with Crippen LogP contribution in [0.1, 0.15) is 23.7 Å². The monoisotopic (exact) mass is 258 g/mol. The van der Waals surface area contributed by atoms with Crippen LogP contribution in [-0.4, -0.2) is 34.1 Å². The lowest BCUT2D eigenvalue weighted by atomic mass is 10.2. The first-order valence-electron chi connectivity index (χ1n) is 5.19. The van der Waals surface area contributed by atoms with Gasteiger partial charge in [-0.25, -0.2) is 14.2 Å². The number of carboxylic acids is 1. The molecule has 1 heterocycles. The van der Waals surface area contributed by atoms with Gasteiger partial charge in [0.2, 0.25) is 0 Å². The van der Waals surface area contributed by atoms with Crippen molar-refractivity contribution in [2.75, 3.05) is 17.3 Å². The number of anilines is 1. The fraction of sp³-hybridized carbons (Fsp3) is 0.455. The number of pyridine rings is 1. The zero-order valence-electron chi connectivity index (χ0n) is 9.74. The van der Waals surface area contributed by atoms with Gasteiger partial charge >= 0.3 is 5.97 Å². The summed E-state index contributed by atoms with van der Waals surface area (Å²) in [7, 11) is 0. The quantitative estimate of drug-likeness (QED) is 0.820. The molecule has 0 saturated carbocycles. The molecule has 2 N–H and O–H groups in total. The average Bonchev–Trinajstić information content (AvgIpc) is 2.28. The summed E-state index contributed by atoms with van der Waals surface area (Å²) >= 11 is 1.72. The van der Waals surface area contributed by atoms with Gasteiger partial charge in [-0.05, 0) is 31.4 Å². The standard InChI is InChI=1S/C11H15FN2O2S/c1-7(3-4-17-2)14-10-9(11(15)16)5-8(12)6-13-10/h5-7H,3-4H2,1-2H3,(H,13,14)(H,15,16). The minimum absolute atomic E-state index is 0.0958. The van der Waals surface area contributed by atoms with E-state index in [1.165, 1.54) is 0 Å². The first-order valence-corrected chi connectivity index (χ1v) is 6.58. The van der Waals surface area contributed by atoms with Gasteiger partial charge in [-0.1, -0.05) is 0 Å². The highest BCUT2D eigenvalue weighted by atomic mass is 32.2. The molecule has 4 nitrogen and oxygen atoms in total. The average molecular weight is 258 g/mol. The van der Waals surface area contributed by atoms with E-state index in [4.69, 9.17) is 5.11 Å². The van der Waals surface area contributed by atoms with Gasteiger partial charge in [-0.2, -0.15) is 11.8 Å². The zero-order valence-corrected chi connectivity index (χ0v) is 10.6. The Kier molecular flexibility index (Phi) is 5.21. The Morgan fingerprint density at radius 2 is 2.41 bits per heavy atom. The number of aromatic nitrogens is 1. The van der Waals surface area contributed by atoms with Crippen molar-refractivity contribution in [2.24, 2.45) is 0 Å². The summed E-state index contributed by atoms with van der Waals surface area (Å²) < 4.78 is 12.9. The Morgan fingerprint density at radius 3 is 3.00 bits per heavy atom. The van der Waals surface area contributed by atoms with Crippen LogP contribution in [0, 0.1) is 5.82 Å². The third-order valence-corrected chi connectivity index (χ3v) is 2.87. The van der Waals surface area contributed by atoms with Crippen molar-refractivity contribution in [3.63, 3.8) is 0 Å². The molecule has 0 bridgehead atoms. The molecule has 6 heteroatoms. The molecule has 94 valence electrons. The minimum Gasteiger partial charge on any atom is -0.478 e. The molecule has 0 aliphatic heterocycles. The second kappa shape index (κ2) is 6.44. The fourth-order valence-corrected chi connectivity index (χ4v) is 1.91. The molecule has 0 aliphatic carbocycles. The van der Waals surface area contributed by atoms with Crippen molar-refractivity contribution >= 4 is 23.5 Å². The molecule has 1 unspecified atom stereocenters. The van der Waals surface area contributed by atoms with Gasteiger partial charge < -0.3 is 10.4 Å². The van der Waals surface area contributed by atoms with E-state index in [0.29, 0.717) is 0 Å². The molecular formula is C11H15FN2O2S. The summed E-state index contributed by atoms with van der Waals surface area (Å²) in [5.41, 5.74) is -0.138. The second-order valence-corrected chi connectivity index (χ2v) is 4.67. The topological polar surface area (TPSA) is 62.2 Å². The largest absolute Gasteiger partial charge is 0.478 e. The van der Waals surface area contributed by atoms with Crippen molar-refractivity contribution in [3.05, 3.63) is 23.6 Å². The molecule has 0 aliphatic rings. The van der Waals surface area contributed by atoms with Crippen LogP contribution in [0.5, 0.6) is 0 Å². The molecule has 1 aromatic rings. The molecule has 0 aromatic carbocycles. The van der Waals surface area contributed by atoms with Crippen LogP contribution in [-0.2, 0) is 0 Å². The SMILES string of the molecule is CSCCC(C)Nc1ncc(F)cc1C(=O)O. The van der Waals surface area contributed by atoms with Crippen LogP contribution >= 0.6 is 11.8 Å².